The monoisotopic (exact) mass is 410 g/mol. The van der Waals surface area contributed by atoms with E-state index in [-0.39, 0.29) is 24.1 Å². The molecule has 168 valence electrons. The van der Waals surface area contributed by atoms with Crippen LogP contribution in [0.2, 0.25) is 0 Å². The fraction of sp³-hybridized carbons (Fsp3) is 0.958. The maximum Gasteiger partial charge on any atom is 0.315 e. The minimum Gasteiger partial charge on any atom is -0.466 e. The van der Waals surface area contributed by atoms with Crippen LogP contribution in [-0.4, -0.2) is 57.1 Å². The van der Waals surface area contributed by atoms with Gasteiger partial charge in [0.2, 0.25) is 0 Å². The molecule has 5 nitrogen and oxygen atoms in total. The van der Waals surface area contributed by atoms with Crippen molar-refractivity contribution in [2.24, 2.45) is 23.7 Å². The van der Waals surface area contributed by atoms with Crippen molar-refractivity contribution in [1.29, 1.82) is 0 Å². The van der Waals surface area contributed by atoms with Crippen molar-refractivity contribution in [3.05, 3.63) is 0 Å². The van der Waals surface area contributed by atoms with Gasteiger partial charge in [-0.05, 0) is 70.6 Å². The third kappa shape index (κ3) is 4.52. The molecule has 0 spiro atoms. The Morgan fingerprint density at radius 3 is 2.03 bits per heavy atom. The molecule has 2 saturated carbocycles. The number of piperidine rings is 1. The first-order chi connectivity index (χ1) is 14.0. The fourth-order valence-corrected chi connectivity index (χ4v) is 7.15. The van der Waals surface area contributed by atoms with Gasteiger partial charge in [-0.1, -0.05) is 13.8 Å². The van der Waals surface area contributed by atoms with E-state index in [4.69, 9.17) is 14.2 Å². The van der Waals surface area contributed by atoms with Crippen LogP contribution in [0.1, 0.15) is 72.6 Å². The number of hydrogen-bond donors (Lipinski definition) is 1. The molecule has 3 rings (SSSR count). The predicted octanol–water partition coefficient (Wildman–Crippen LogP) is 2.87. The zero-order chi connectivity index (χ0) is 21.1. The summed E-state index contributed by atoms with van der Waals surface area (Å²) < 4.78 is 17.3. The van der Waals surface area contributed by atoms with Crippen LogP contribution in [0.5, 0.6) is 0 Å². The summed E-state index contributed by atoms with van der Waals surface area (Å²) >= 11 is 0. The van der Waals surface area contributed by atoms with E-state index in [2.05, 4.69) is 20.8 Å². The number of esters is 1. The second-order valence-corrected chi connectivity index (χ2v) is 9.89. The first kappa shape index (κ1) is 23.0. The summed E-state index contributed by atoms with van der Waals surface area (Å²) in [6.45, 7) is 9.42. The molecule has 0 amide bonds. The predicted molar refractivity (Wildman–Crippen MR) is 114 cm³/mol. The van der Waals surface area contributed by atoms with Crippen molar-refractivity contribution in [1.82, 2.24) is 0 Å². The maximum atomic E-state index is 13.2. The Morgan fingerprint density at radius 1 is 0.931 bits per heavy atom. The van der Waals surface area contributed by atoms with Crippen molar-refractivity contribution >= 4 is 5.97 Å². The van der Waals surface area contributed by atoms with Crippen LogP contribution >= 0.6 is 0 Å². The zero-order valence-corrected chi connectivity index (χ0v) is 19.5. The molecule has 5 heteroatoms. The highest BCUT2D eigenvalue weighted by molar-refractivity contribution is 5.73. The highest BCUT2D eigenvalue weighted by atomic mass is 16.5. The maximum absolute atomic E-state index is 13.2. The van der Waals surface area contributed by atoms with Gasteiger partial charge >= 0.3 is 5.97 Å². The smallest absolute Gasteiger partial charge is 0.315 e. The van der Waals surface area contributed by atoms with Crippen molar-refractivity contribution in [3.8, 4) is 0 Å². The molecule has 0 aromatic rings. The van der Waals surface area contributed by atoms with Gasteiger partial charge in [0.05, 0.1) is 36.9 Å². The Morgan fingerprint density at radius 2 is 1.52 bits per heavy atom. The Kier molecular flexibility index (Phi) is 8.02. The molecule has 29 heavy (non-hydrogen) atoms. The van der Waals surface area contributed by atoms with E-state index in [0.29, 0.717) is 36.6 Å². The van der Waals surface area contributed by atoms with Gasteiger partial charge in [0.25, 0.3) is 0 Å². The van der Waals surface area contributed by atoms with Gasteiger partial charge in [-0.2, -0.15) is 0 Å². The van der Waals surface area contributed by atoms with Gasteiger partial charge in [0.1, 0.15) is 5.92 Å². The highest BCUT2D eigenvalue weighted by Crippen LogP contribution is 2.43. The highest BCUT2D eigenvalue weighted by Gasteiger charge is 2.58. The molecule has 0 aromatic carbocycles. The summed E-state index contributed by atoms with van der Waals surface area (Å²) in [5, 5.41) is 0. The molecule has 8 unspecified atom stereocenters. The summed E-state index contributed by atoms with van der Waals surface area (Å²) in [7, 11) is 3.58. The Labute approximate surface area is 177 Å². The van der Waals surface area contributed by atoms with E-state index < -0.39 is 0 Å². The molecular weight excluding hydrogens is 366 g/mol. The van der Waals surface area contributed by atoms with Crippen LogP contribution in [0.15, 0.2) is 0 Å². The number of rotatable bonds is 6. The second-order valence-electron chi connectivity index (χ2n) is 9.89. The van der Waals surface area contributed by atoms with Crippen LogP contribution in [0.4, 0.5) is 0 Å². The number of quaternary nitrogens is 1. The van der Waals surface area contributed by atoms with Gasteiger partial charge in [0, 0.05) is 20.1 Å². The number of methoxy groups -OCH3 is 2. The first-order valence-corrected chi connectivity index (χ1v) is 12.0. The van der Waals surface area contributed by atoms with Crippen LogP contribution in [0.25, 0.3) is 0 Å². The number of likely N-dealkylation sites (tertiary alicyclic amines) is 1. The Hall–Kier alpha value is -0.650. The average Bonchev–Trinajstić information content (AvgIpc) is 2.72. The molecule has 0 aromatic heterocycles. The molecule has 1 saturated heterocycles. The quantitative estimate of drug-likeness (QED) is 0.684. The van der Waals surface area contributed by atoms with E-state index in [1.54, 1.807) is 19.1 Å². The summed E-state index contributed by atoms with van der Waals surface area (Å²) in [6, 6.07) is 1.56. The molecule has 0 bridgehead atoms. The molecule has 0 radical (unpaired) electrons. The van der Waals surface area contributed by atoms with Gasteiger partial charge in [-0.3, -0.25) is 4.79 Å². The molecule has 1 heterocycles. The SMILES string of the molecule is CCOC(=O)C1C2CC(OC)C(OC)CC2C(CC)[NH+](C2CCC(C)CC2)C1C. The molecule has 3 fully saturated rings. The van der Waals surface area contributed by atoms with E-state index in [0.717, 1.165) is 25.2 Å². The number of nitrogens with one attached hydrogen (secondary N) is 1. The molecule has 1 aliphatic heterocycles. The number of fused-ring (bicyclic) bond motifs is 1. The molecule has 8 atom stereocenters. The minimum absolute atomic E-state index is 0.0111. The number of carbonyl (C=O) groups excluding carboxylic acids is 1. The first-order valence-electron chi connectivity index (χ1n) is 12.0. The summed E-state index contributed by atoms with van der Waals surface area (Å²) in [5.41, 5.74) is 0. The van der Waals surface area contributed by atoms with Crippen molar-refractivity contribution in [2.45, 2.75) is 103 Å². The second kappa shape index (κ2) is 10.1. The number of hydrogen-bond acceptors (Lipinski definition) is 4. The standard InChI is InChI=1S/C24H43NO4/c1-7-20-18-13-21(27-5)22(28-6)14-19(18)23(24(26)29-8-2)16(4)25(20)17-11-9-15(3)10-12-17/h15-23H,7-14H2,1-6H3/p+1. The van der Waals surface area contributed by atoms with Crippen molar-refractivity contribution in [2.75, 3.05) is 20.8 Å². The van der Waals surface area contributed by atoms with E-state index >= 15 is 0 Å². The van der Waals surface area contributed by atoms with Gasteiger partial charge in [-0.15, -0.1) is 0 Å². The van der Waals surface area contributed by atoms with Crippen LogP contribution < -0.4 is 4.90 Å². The third-order valence-corrected chi connectivity index (χ3v) is 8.54. The summed E-state index contributed by atoms with van der Waals surface area (Å²) in [6.07, 6.45) is 8.48. The lowest BCUT2D eigenvalue weighted by atomic mass is 9.61. The van der Waals surface area contributed by atoms with E-state index in [9.17, 15) is 4.79 Å². The van der Waals surface area contributed by atoms with Crippen molar-refractivity contribution in [3.63, 3.8) is 0 Å². The lowest BCUT2D eigenvalue weighted by Gasteiger charge is -2.56. The largest absolute Gasteiger partial charge is 0.466 e. The van der Waals surface area contributed by atoms with Crippen LogP contribution in [0.3, 0.4) is 0 Å². The zero-order valence-electron chi connectivity index (χ0n) is 19.5. The molecule has 1 N–H and O–H groups in total. The average molecular weight is 411 g/mol. The topological polar surface area (TPSA) is 49.2 Å². The Bertz CT molecular complexity index is 533. The Balaban J connectivity index is 1.93. The molecule has 3 aliphatic rings. The van der Waals surface area contributed by atoms with Gasteiger partial charge < -0.3 is 19.1 Å². The van der Waals surface area contributed by atoms with E-state index in [1.165, 1.54) is 25.7 Å². The summed E-state index contributed by atoms with van der Waals surface area (Å²) in [4.78, 5) is 14.9. The number of carbonyl (C=O) groups is 1. The minimum atomic E-state index is -0.0347. The van der Waals surface area contributed by atoms with E-state index in [1.807, 2.05) is 6.92 Å². The number of ether oxygens (including phenoxy) is 3. The lowest BCUT2D eigenvalue weighted by molar-refractivity contribution is -0.986. The molecular formula is C24H44NO4+. The normalized spacial score (nSPS) is 45.4. The van der Waals surface area contributed by atoms with Crippen LogP contribution in [0, 0.1) is 23.7 Å². The van der Waals surface area contributed by atoms with Crippen LogP contribution in [-0.2, 0) is 19.0 Å². The van der Waals surface area contributed by atoms with Crippen molar-refractivity contribution < 1.29 is 23.9 Å². The fourth-order valence-electron chi connectivity index (χ4n) is 7.15. The lowest BCUT2D eigenvalue weighted by Crippen LogP contribution is -3.25. The summed E-state index contributed by atoms with van der Waals surface area (Å²) in [5.74, 6) is 1.65. The van der Waals surface area contributed by atoms with Gasteiger partial charge in [0.15, 0.2) is 0 Å². The van der Waals surface area contributed by atoms with Gasteiger partial charge in [-0.25, -0.2) is 0 Å². The third-order valence-electron chi connectivity index (χ3n) is 8.54. The molecule has 2 aliphatic carbocycles.